The van der Waals surface area contributed by atoms with E-state index < -0.39 is 11.7 Å². The standard InChI is InChI=1S/C20H19F3N4/c1-14-24-12-16(25-14)13-26-10-11-27(19-5-3-2-4-18(19)26)17-8-6-15(7-9-17)20(21,22)23/h2-9,12H,10-11,13H2,1H3,(H,24,25). The second kappa shape index (κ2) is 6.64. The first-order valence-electron chi connectivity index (χ1n) is 8.71. The fraction of sp³-hybridized carbons (Fsp3) is 0.250. The first-order chi connectivity index (χ1) is 12.9. The molecule has 0 spiro atoms. The van der Waals surface area contributed by atoms with Gasteiger partial charge in [0.15, 0.2) is 0 Å². The average molecular weight is 372 g/mol. The van der Waals surface area contributed by atoms with Crippen molar-refractivity contribution >= 4 is 17.1 Å². The molecule has 0 saturated heterocycles. The van der Waals surface area contributed by atoms with Crippen LogP contribution in [0.4, 0.5) is 30.2 Å². The Bertz CT molecular complexity index is 931. The van der Waals surface area contributed by atoms with E-state index in [9.17, 15) is 13.2 Å². The van der Waals surface area contributed by atoms with Gasteiger partial charge in [-0.05, 0) is 43.3 Å². The molecule has 4 rings (SSSR count). The van der Waals surface area contributed by atoms with Crippen LogP contribution < -0.4 is 9.80 Å². The van der Waals surface area contributed by atoms with E-state index in [1.807, 2.05) is 37.4 Å². The summed E-state index contributed by atoms with van der Waals surface area (Å²) in [7, 11) is 0. The van der Waals surface area contributed by atoms with Crippen molar-refractivity contribution < 1.29 is 13.2 Å². The van der Waals surface area contributed by atoms with Gasteiger partial charge in [-0.1, -0.05) is 12.1 Å². The lowest BCUT2D eigenvalue weighted by Gasteiger charge is -2.38. The summed E-state index contributed by atoms with van der Waals surface area (Å²) in [5.74, 6) is 0.877. The van der Waals surface area contributed by atoms with Crippen LogP contribution in [0, 0.1) is 6.92 Å². The first-order valence-corrected chi connectivity index (χ1v) is 8.71. The number of alkyl halides is 3. The molecule has 27 heavy (non-hydrogen) atoms. The fourth-order valence-corrected chi connectivity index (χ4v) is 3.44. The lowest BCUT2D eigenvalue weighted by Crippen LogP contribution is -2.38. The Morgan fingerprint density at radius 3 is 2.33 bits per heavy atom. The number of halogens is 3. The summed E-state index contributed by atoms with van der Waals surface area (Å²) in [6, 6.07) is 13.3. The molecule has 0 atom stereocenters. The number of nitrogens with zero attached hydrogens (tertiary/aromatic N) is 3. The van der Waals surface area contributed by atoms with Gasteiger partial charge in [-0.25, -0.2) is 4.98 Å². The van der Waals surface area contributed by atoms with Gasteiger partial charge in [0.05, 0.1) is 35.4 Å². The lowest BCUT2D eigenvalue weighted by atomic mass is 10.1. The van der Waals surface area contributed by atoms with E-state index in [0.717, 1.165) is 47.3 Å². The van der Waals surface area contributed by atoms with Gasteiger partial charge in [-0.3, -0.25) is 0 Å². The number of anilines is 3. The summed E-state index contributed by atoms with van der Waals surface area (Å²) in [5.41, 5.74) is 3.20. The van der Waals surface area contributed by atoms with Crippen LogP contribution in [-0.2, 0) is 12.7 Å². The zero-order valence-corrected chi connectivity index (χ0v) is 14.8. The van der Waals surface area contributed by atoms with Gasteiger partial charge in [0.1, 0.15) is 5.82 Å². The Morgan fingerprint density at radius 2 is 1.70 bits per heavy atom. The molecule has 7 heteroatoms. The molecule has 140 valence electrons. The molecule has 0 amide bonds. The van der Waals surface area contributed by atoms with Crippen molar-refractivity contribution in [3.63, 3.8) is 0 Å². The zero-order valence-electron chi connectivity index (χ0n) is 14.8. The highest BCUT2D eigenvalue weighted by atomic mass is 19.4. The fourth-order valence-electron chi connectivity index (χ4n) is 3.44. The number of aromatic amines is 1. The van der Waals surface area contributed by atoms with E-state index in [2.05, 4.69) is 19.8 Å². The molecular weight excluding hydrogens is 353 g/mol. The van der Waals surface area contributed by atoms with Crippen molar-refractivity contribution in [3.8, 4) is 0 Å². The second-order valence-corrected chi connectivity index (χ2v) is 6.60. The molecule has 3 aromatic rings. The number of benzene rings is 2. The molecule has 4 nitrogen and oxygen atoms in total. The third-order valence-corrected chi connectivity index (χ3v) is 4.73. The Hall–Kier alpha value is -2.96. The number of hydrogen-bond donors (Lipinski definition) is 1. The van der Waals surface area contributed by atoms with Gasteiger partial charge in [0.25, 0.3) is 0 Å². The van der Waals surface area contributed by atoms with Crippen LogP contribution in [0.5, 0.6) is 0 Å². The minimum absolute atomic E-state index is 0.632. The van der Waals surface area contributed by atoms with Crippen LogP contribution in [0.3, 0.4) is 0 Å². The average Bonchev–Trinajstić information content (AvgIpc) is 3.06. The number of nitrogens with one attached hydrogen (secondary N) is 1. The molecule has 2 aromatic carbocycles. The number of para-hydroxylation sites is 2. The van der Waals surface area contributed by atoms with Crippen LogP contribution in [0.15, 0.2) is 54.7 Å². The van der Waals surface area contributed by atoms with E-state index in [1.165, 1.54) is 12.1 Å². The molecule has 0 saturated carbocycles. The highest BCUT2D eigenvalue weighted by Crippen LogP contribution is 2.39. The summed E-state index contributed by atoms with van der Waals surface area (Å²) in [4.78, 5) is 11.8. The number of imidazole rings is 1. The van der Waals surface area contributed by atoms with E-state index in [1.54, 1.807) is 0 Å². The Balaban J connectivity index is 1.63. The Labute approximate surface area is 155 Å². The maximum Gasteiger partial charge on any atom is 0.416 e. The normalized spacial score (nSPS) is 14.4. The van der Waals surface area contributed by atoms with Crippen LogP contribution in [-0.4, -0.2) is 23.1 Å². The first kappa shape index (κ1) is 17.5. The van der Waals surface area contributed by atoms with Crippen LogP contribution in [0.2, 0.25) is 0 Å². The van der Waals surface area contributed by atoms with Gasteiger partial charge in [-0.15, -0.1) is 0 Å². The van der Waals surface area contributed by atoms with E-state index in [4.69, 9.17) is 0 Å². The quantitative estimate of drug-likeness (QED) is 0.711. The molecular formula is C20H19F3N4. The maximum absolute atomic E-state index is 12.8. The summed E-state index contributed by atoms with van der Waals surface area (Å²) >= 11 is 0. The second-order valence-electron chi connectivity index (χ2n) is 6.60. The largest absolute Gasteiger partial charge is 0.416 e. The van der Waals surface area contributed by atoms with Crippen molar-refractivity contribution in [1.29, 1.82) is 0 Å². The van der Waals surface area contributed by atoms with Gasteiger partial charge < -0.3 is 14.8 Å². The number of H-pyrrole nitrogens is 1. The molecule has 1 N–H and O–H groups in total. The Morgan fingerprint density at radius 1 is 1.00 bits per heavy atom. The zero-order chi connectivity index (χ0) is 19.0. The smallest absolute Gasteiger partial charge is 0.362 e. The molecule has 0 radical (unpaired) electrons. The van der Waals surface area contributed by atoms with E-state index in [-0.39, 0.29) is 0 Å². The monoisotopic (exact) mass is 372 g/mol. The van der Waals surface area contributed by atoms with E-state index >= 15 is 0 Å². The third-order valence-electron chi connectivity index (χ3n) is 4.73. The molecule has 0 bridgehead atoms. The summed E-state index contributed by atoms with van der Waals surface area (Å²) in [5, 5.41) is 0. The molecule has 1 aliphatic heterocycles. The highest BCUT2D eigenvalue weighted by molar-refractivity contribution is 5.79. The number of fused-ring (bicyclic) bond motifs is 1. The topological polar surface area (TPSA) is 35.2 Å². The number of rotatable bonds is 3. The minimum atomic E-state index is -4.32. The van der Waals surface area contributed by atoms with Gasteiger partial charge in [0, 0.05) is 18.8 Å². The number of hydrogen-bond acceptors (Lipinski definition) is 3. The van der Waals surface area contributed by atoms with E-state index in [0.29, 0.717) is 13.1 Å². The van der Waals surface area contributed by atoms with Crippen molar-refractivity contribution in [2.45, 2.75) is 19.6 Å². The summed E-state index contributed by atoms with van der Waals surface area (Å²) < 4.78 is 38.5. The number of aromatic nitrogens is 2. The van der Waals surface area contributed by atoms with Gasteiger partial charge in [-0.2, -0.15) is 13.2 Å². The van der Waals surface area contributed by atoms with Crippen LogP contribution >= 0.6 is 0 Å². The lowest BCUT2D eigenvalue weighted by molar-refractivity contribution is -0.137. The third kappa shape index (κ3) is 3.49. The van der Waals surface area contributed by atoms with Crippen molar-refractivity contribution in [2.24, 2.45) is 0 Å². The molecule has 1 aromatic heterocycles. The van der Waals surface area contributed by atoms with Crippen LogP contribution in [0.1, 0.15) is 17.1 Å². The Kier molecular flexibility index (Phi) is 4.30. The molecule has 0 aliphatic carbocycles. The van der Waals surface area contributed by atoms with Gasteiger partial charge in [0.2, 0.25) is 0 Å². The predicted molar refractivity (Wildman–Crippen MR) is 99.3 cm³/mol. The highest BCUT2D eigenvalue weighted by Gasteiger charge is 2.30. The molecule has 0 fully saturated rings. The minimum Gasteiger partial charge on any atom is -0.362 e. The SMILES string of the molecule is Cc1ncc(CN2CCN(c3ccc(C(F)(F)F)cc3)c3ccccc32)[nH]1. The van der Waals surface area contributed by atoms with Crippen molar-refractivity contribution in [3.05, 3.63) is 71.8 Å². The van der Waals surface area contributed by atoms with Gasteiger partial charge >= 0.3 is 6.18 Å². The van der Waals surface area contributed by atoms with Crippen molar-refractivity contribution in [1.82, 2.24) is 9.97 Å². The van der Waals surface area contributed by atoms with Crippen molar-refractivity contribution in [2.75, 3.05) is 22.9 Å². The summed E-state index contributed by atoms with van der Waals surface area (Å²) in [6.45, 7) is 4.07. The van der Waals surface area contributed by atoms with Crippen LogP contribution in [0.25, 0.3) is 0 Å². The molecule has 1 aliphatic rings. The molecule has 0 unspecified atom stereocenters. The number of aryl methyl sites for hydroxylation is 1. The molecule has 2 heterocycles. The predicted octanol–water partition coefficient (Wildman–Crippen LogP) is 4.90. The summed E-state index contributed by atoms with van der Waals surface area (Å²) in [6.07, 6.45) is -2.49. The maximum atomic E-state index is 12.8.